The first kappa shape index (κ1) is 20.6. The Balaban J connectivity index is 1.61. The van der Waals surface area contributed by atoms with Crippen LogP contribution < -0.4 is 10.1 Å². The largest absolute Gasteiger partial charge is 0.497 e. The monoisotopic (exact) mass is 393 g/mol. The van der Waals surface area contributed by atoms with Crippen LogP contribution in [-0.4, -0.2) is 54.9 Å². The molecule has 2 aromatic carbocycles. The van der Waals surface area contributed by atoms with Crippen molar-refractivity contribution >= 4 is 17.9 Å². The van der Waals surface area contributed by atoms with Crippen LogP contribution in [0.1, 0.15) is 18.1 Å². The third-order valence-electron chi connectivity index (χ3n) is 4.88. The molecule has 1 fully saturated rings. The molecule has 29 heavy (non-hydrogen) atoms. The molecule has 0 saturated carbocycles. The summed E-state index contributed by atoms with van der Waals surface area (Å²) in [5.74, 6) is 0.451. The Hall–Kier alpha value is -3.12. The second-order valence-electron chi connectivity index (χ2n) is 7.07. The van der Waals surface area contributed by atoms with Crippen LogP contribution in [0.25, 0.3) is 6.08 Å². The van der Waals surface area contributed by atoms with Crippen molar-refractivity contribution in [1.82, 2.24) is 15.1 Å². The molecular formula is C23H27N3O3. The Kier molecular flexibility index (Phi) is 7.03. The number of carbonyl (C=O) groups is 2. The number of piperazine rings is 1. The summed E-state index contributed by atoms with van der Waals surface area (Å²) in [4.78, 5) is 28.7. The van der Waals surface area contributed by atoms with Crippen molar-refractivity contribution in [3.8, 4) is 5.75 Å². The van der Waals surface area contributed by atoms with Crippen molar-refractivity contribution in [2.45, 2.75) is 13.5 Å². The summed E-state index contributed by atoms with van der Waals surface area (Å²) >= 11 is 0. The maximum atomic E-state index is 13.0. The van der Waals surface area contributed by atoms with Gasteiger partial charge in [-0.25, -0.2) is 0 Å². The van der Waals surface area contributed by atoms with E-state index in [4.69, 9.17) is 4.74 Å². The molecular weight excluding hydrogens is 366 g/mol. The van der Waals surface area contributed by atoms with Gasteiger partial charge in [0, 0.05) is 39.6 Å². The average Bonchev–Trinajstić information content (AvgIpc) is 2.74. The van der Waals surface area contributed by atoms with E-state index < -0.39 is 0 Å². The molecule has 1 N–H and O–H groups in total. The quantitative estimate of drug-likeness (QED) is 0.766. The lowest BCUT2D eigenvalue weighted by Gasteiger charge is -2.35. The van der Waals surface area contributed by atoms with E-state index in [1.807, 2.05) is 42.5 Å². The lowest BCUT2D eigenvalue weighted by atomic mass is 10.1. The maximum Gasteiger partial charge on any atom is 0.270 e. The number of nitrogens with one attached hydrogen (secondary N) is 1. The van der Waals surface area contributed by atoms with Crippen LogP contribution >= 0.6 is 0 Å². The Labute approximate surface area is 171 Å². The SMILES string of the molecule is COc1ccc(CN2CCN(C(=O)/C(=C/c3ccccc3)NC(C)=O)CC2)cc1. The molecule has 2 aromatic rings. The normalized spacial score (nSPS) is 15.1. The summed E-state index contributed by atoms with van der Waals surface area (Å²) in [6, 6.07) is 17.6. The van der Waals surface area contributed by atoms with Crippen LogP contribution in [0, 0.1) is 0 Å². The highest BCUT2D eigenvalue weighted by Gasteiger charge is 2.24. The summed E-state index contributed by atoms with van der Waals surface area (Å²) in [6.07, 6.45) is 1.73. The van der Waals surface area contributed by atoms with Gasteiger partial charge >= 0.3 is 0 Å². The molecule has 0 unspecified atom stereocenters. The van der Waals surface area contributed by atoms with Gasteiger partial charge in [-0.15, -0.1) is 0 Å². The molecule has 0 aliphatic carbocycles. The van der Waals surface area contributed by atoms with E-state index in [0.29, 0.717) is 18.8 Å². The van der Waals surface area contributed by atoms with Crippen LogP contribution in [0.2, 0.25) is 0 Å². The molecule has 6 heteroatoms. The predicted molar refractivity (Wildman–Crippen MR) is 113 cm³/mol. The van der Waals surface area contributed by atoms with E-state index in [0.717, 1.165) is 30.9 Å². The Morgan fingerprint density at radius 2 is 1.66 bits per heavy atom. The smallest absolute Gasteiger partial charge is 0.270 e. The molecule has 2 amide bonds. The Bertz CT molecular complexity index is 855. The van der Waals surface area contributed by atoms with Gasteiger partial charge in [0.2, 0.25) is 5.91 Å². The van der Waals surface area contributed by atoms with Gasteiger partial charge in [-0.1, -0.05) is 42.5 Å². The number of hydrogen-bond donors (Lipinski definition) is 1. The lowest BCUT2D eigenvalue weighted by molar-refractivity contribution is -0.130. The zero-order valence-corrected chi connectivity index (χ0v) is 16.9. The van der Waals surface area contributed by atoms with E-state index in [2.05, 4.69) is 22.3 Å². The van der Waals surface area contributed by atoms with Crippen LogP contribution in [0.15, 0.2) is 60.3 Å². The molecule has 152 valence electrons. The number of carbonyl (C=O) groups excluding carboxylic acids is 2. The summed E-state index contributed by atoms with van der Waals surface area (Å²) < 4.78 is 5.20. The highest BCUT2D eigenvalue weighted by atomic mass is 16.5. The van der Waals surface area contributed by atoms with Gasteiger partial charge < -0.3 is 15.0 Å². The van der Waals surface area contributed by atoms with Gasteiger partial charge in [-0.2, -0.15) is 0 Å². The zero-order chi connectivity index (χ0) is 20.6. The molecule has 3 rings (SSSR count). The minimum absolute atomic E-state index is 0.145. The molecule has 0 radical (unpaired) electrons. The number of benzene rings is 2. The molecule has 1 aliphatic rings. The van der Waals surface area contributed by atoms with Crippen molar-refractivity contribution in [2.75, 3.05) is 33.3 Å². The van der Waals surface area contributed by atoms with Gasteiger partial charge in [0.15, 0.2) is 0 Å². The van der Waals surface area contributed by atoms with Crippen LogP contribution in [-0.2, 0) is 16.1 Å². The van der Waals surface area contributed by atoms with E-state index in [1.165, 1.54) is 12.5 Å². The predicted octanol–water partition coefficient (Wildman–Crippen LogP) is 2.52. The first-order valence-electron chi connectivity index (χ1n) is 9.74. The number of amides is 2. The average molecular weight is 393 g/mol. The van der Waals surface area contributed by atoms with Gasteiger partial charge in [-0.05, 0) is 29.3 Å². The second kappa shape index (κ2) is 9.89. The van der Waals surface area contributed by atoms with E-state index in [1.54, 1.807) is 18.1 Å². The van der Waals surface area contributed by atoms with E-state index in [9.17, 15) is 9.59 Å². The number of rotatable bonds is 6. The fourth-order valence-corrected chi connectivity index (χ4v) is 3.33. The molecule has 0 spiro atoms. The minimum Gasteiger partial charge on any atom is -0.497 e. The standard InChI is InChI=1S/C23H27N3O3/c1-18(27)24-22(16-19-6-4-3-5-7-19)23(28)26-14-12-25(13-15-26)17-20-8-10-21(29-2)11-9-20/h3-11,16H,12-15,17H2,1-2H3,(H,24,27)/b22-16-. The third kappa shape index (κ3) is 5.93. The fourth-order valence-electron chi connectivity index (χ4n) is 3.33. The molecule has 1 heterocycles. The fraction of sp³-hybridized carbons (Fsp3) is 0.304. The maximum absolute atomic E-state index is 13.0. The Morgan fingerprint density at radius 3 is 2.24 bits per heavy atom. The van der Waals surface area contributed by atoms with Crippen LogP contribution in [0.3, 0.4) is 0 Å². The van der Waals surface area contributed by atoms with Crippen molar-refractivity contribution < 1.29 is 14.3 Å². The van der Waals surface area contributed by atoms with Crippen LogP contribution in [0.4, 0.5) is 0 Å². The molecule has 0 bridgehead atoms. The third-order valence-corrected chi connectivity index (χ3v) is 4.88. The summed E-state index contributed by atoms with van der Waals surface area (Å²) in [5, 5.41) is 2.69. The number of ether oxygens (including phenoxy) is 1. The van der Waals surface area contributed by atoms with E-state index >= 15 is 0 Å². The molecule has 1 aliphatic heterocycles. The first-order chi connectivity index (χ1) is 14.0. The van der Waals surface area contributed by atoms with Crippen molar-refractivity contribution in [3.05, 3.63) is 71.4 Å². The van der Waals surface area contributed by atoms with E-state index in [-0.39, 0.29) is 11.8 Å². The number of hydrogen-bond acceptors (Lipinski definition) is 4. The summed E-state index contributed by atoms with van der Waals surface area (Å²) in [7, 11) is 1.66. The topological polar surface area (TPSA) is 61.9 Å². The molecule has 0 aromatic heterocycles. The van der Waals surface area contributed by atoms with Gasteiger partial charge in [0.05, 0.1) is 7.11 Å². The molecule has 1 saturated heterocycles. The number of nitrogens with zero attached hydrogens (tertiary/aromatic N) is 2. The molecule has 0 atom stereocenters. The highest BCUT2D eigenvalue weighted by molar-refractivity contribution is 6.01. The lowest BCUT2D eigenvalue weighted by Crippen LogP contribution is -2.50. The summed E-state index contributed by atoms with van der Waals surface area (Å²) in [5.41, 5.74) is 2.41. The number of methoxy groups -OCH3 is 1. The van der Waals surface area contributed by atoms with Gasteiger partial charge in [-0.3, -0.25) is 14.5 Å². The highest BCUT2D eigenvalue weighted by Crippen LogP contribution is 2.15. The Morgan fingerprint density at radius 1 is 1.00 bits per heavy atom. The zero-order valence-electron chi connectivity index (χ0n) is 16.9. The summed E-state index contributed by atoms with van der Waals surface area (Å²) in [6.45, 7) is 5.08. The molecule has 6 nitrogen and oxygen atoms in total. The van der Waals surface area contributed by atoms with Crippen molar-refractivity contribution in [2.24, 2.45) is 0 Å². The van der Waals surface area contributed by atoms with Gasteiger partial charge in [0.1, 0.15) is 11.4 Å². The van der Waals surface area contributed by atoms with Gasteiger partial charge in [0.25, 0.3) is 5.91 Å². The first-order valence-corrected chi connectivity index (χ1v) is 9.74. The van der Waals surface area contributed by atoms with Crippen molar-refractivity contribution in [3.63, 3.8) is 0 Å². The minimum atomic E-state index is -0.251. The van der Waals surface area contributed by atoms with Crippen LogP contribution in [0.5, 0.6) is 5.75 Å². The second-order valence-corrected chi connectivity index (χ2v) is 7.07. The van der Waals surface area contributed by atoms with Crippen molar-refractivity contribution in [1.29, 1.82) is 0 Å².